The number of rotatable bonds is 6. The molecule has 0 saturated carbocycles. The predicted octanol–water partition coefficient (Wildman–Crippen LogP) is 3.47. The van der Waals surface area contributed by atoms with Gasteiger partial charge < -0.3 is 24.2 Å². The zero-order valence-corrected chi connectivity index (χ0v) is 19.1. The summed E-state index contributed by atoms with van der Waals surface area (Å²) < 4.78 is 16.4. The molecular weight excluding hydrogens is 422 g/mol. The average molecular weight is 452 g/mol. The number of benzene rings is 2. The summed E-state index contributed by atoms with van der Waals surface area (Å²) in [6, 6.07) is 7.27. The van der Waals surface area contributed by atoms with Gasteiger partial charge in [-0.15, -0.1) is 0 Å². The van der Waals surface area contributed by atoms with E-state index in [1.54, 1.807) is 12.1 Å². The highest BCUT2D eigenvalue weighted by molar-refractivity contribution is 5.94. The van der Waals surface area contributed by atoms with Crippen LogP contribution in [0.3, 0.4) is 0 Å². The number of aliphatic hydroxyl groups excluding tert-OH is 1. The van der Waals surface area contributed by atoms with Gasteiger partial charge in [0.15, 0.2) is 0 Å². The van der Waals surface area contributed by atoms with Crippen molar-refractivity contribution in [2.75, 3.05) is 26.2 Å². The van der Waals surface area contributed by atoms with E-state index in [4.69, 9.17) is 14.2 Å². The van der Waals surface area contributed by atoms with Crippen molar-refractivity contribution in [3.63, 3.8) is 0 Å². The van der Waals surface area contributed by atoms with Crippen molar-refractivity contribution in [2.24, 2.45) is 5.92 Å². The van der Waals surface area contributed by atoms with Crippen LogP contribution >= 0.6 is 0 Å². The van der Waals surface area contributed by atoms with Gasteiger partial charge in [-0.2, -0.15) is 0 Å². The third-order valence-electron chi connectivity index (χ3n) is 7.30. The predicted molar refractivity (Wildman–Crippen MR) is 120 cm³/mol. The number of cyclic esters (lactones) is 2. The van der Waals surface area contributed by atoms with Crippen LogP contribution in [0.1, 0.15) is 67.5 Å². The maximum Gasteiger partial charge on any atom is 0.338 e. The number of esters is 2. The van der Waals surface area contributed by atoms with Crippen LogP contribution < -0.4 is 4.74 Å². The van der Waals surface area contributed by atoms with E-state index in [1.165, 1.54) is 0 Å². The van der Waals surface area contributed by atoms with E-state index in [2.05, 4.69) is 4.90 Å². The number of likely N-dealkylation sites (tertiary alicyclic amines) is 1. The van der Waals surface area contributed by atoms with Crippen LogP contribution in [0.5, 0.6) is 5.75 Å². The Bertz CT molecular complexity index is 1100. The molecule has 0 aliphatic carbocycles. The normalized spacial score (nSPS) is 19.1. The van der Waals surface area contributed by atoms with Crippen molar-refractivity contribution in [3.05, 3.63) is 63.2 Å². The molecule has 1 N–H and O–H groups in total. The molecule has 5 rings (SSSR count). The Labute approximate surface area is 193 Å². The van der Waals surface area contributed by atoms with Crippen molar-refractivity contribution >= 4 is 11.9 Å². The molecule has 174 valence electrons. The molecule has 3 heterocycles. The number of carbonyl (C=O) groups is 2. The lowest BCUT2D eigenvalue weighted by molar-refractivity contribution is 0.0525. The number of hydrogen-bond acceptors (Lipinski definition) is 7. The Kier molecular flexibility index (Phi) is 5.85. The lowest BCUT2D eigenvalue weighted by Gasteiger charge is -2.33. The maximum absolute atomic E-state index is 11.7. The first-order valence-corrected chi connectivity index (χ1v) is 11.5. The molecule has 0 unspecified atom stereocenters. The van der Waals surface area contributed by atoms with Gasteiger partial charge >= 0.3 is 11.9 Å². The number of carbonyl (C=O) groups excluding carboxylic acids is 2. The standard InChI is InChI=1S/C26H29NO6/c1-15-18(3-4-19-21(15)13-32-25(19)29)23(28)11-27-9-7-17(8-10-27)12-31-24-6-5-20-22(16(24)2)14-33-26(20)30/h3-6,17,23,28H,7-14H2,1-2H3/t23-/m0/s1. The van der Waals surface area contributed by atoms with Gasteiger partial charge in [0, 0.05) is 17.7 Å². The second kappa shape index (κ2) is 8.80. The van der Waals surface area contributed by atoms with E-state index >= 15 is 0 Å². The minimum absolute atomic E-state index is 0.258. The molecule has 2 aromatic rings. The fourth-order valence-corrected chi connectivity index (χ4v) is 5.10. The van der Waals surface area contributed by atoms with Crippen molar-refractivity contribution in [2.45, 2.75) is 46.0 Å². The summed E-state index contributed by atoms with van der Waals surface area (Å²) in [6.07, 6.45) is 1.41. The number of nitrogens with zero attached hydrogens (tertiary/aromatic N) is 1. The van der Waals surface area contributed by atoms with Gasteiger partial charge in [-0.25, -0.2) is 9.59 Å². The van der Waals surface area contributed by atoms with Crippen molar-refractivity contribution in [1.29, 1.82) is 0 Å². The van der Waals surface area contributed by atoms with Crippen LogP contribution in [0.4, 0.5) is 0 Å². The molecule has 3 aliphatic heterocycles. The van der Waals surface area contributed by atoms with Gasteiger partial charge in [0.1, 0.15) is 19.0 Å². The highest BCUT2D eigenvalue weighted by atomic mass is 16.5. The van der Waals surface area contributed by atoms with Gasteiger partial charge in [-0.1, -0.05) is 6.07 Å². The van der Waals surface area contributed by atoms with Gasteiger partial charge in [0.25, 0.3) is 0 Å². The SMILES string of the molecule is Cc1c(OCC2CCN(C[C@H](O)c3ccc4c(c3C)COC4=O)CC2)ccc2c1COC2=O. The highest BCUT2D eigenvalue weighted by Crippen LogP contribution is 2.32. The van der Waals surface area contributed by atoms with Crippen molar-refractivity contribution in [1.82, 2.24) is 4.90 Å². The quantitative estimate of drug-likeness (QED) is 0.673. The van der Waals surface area contributed by atoms with E-state index in [0.717, 1.165) is 59.5 Å². The molecular formula is C26H29NO6. The summed E-state index contributed by atoms with van der Waals surface area (Å²) in [5.74, 6) is 0.731. The molecule has 2 aromatic carbocycles. The van der Waals surface area contributed by atoms with E-state index < -0.39 is 6.10 Å². The molecule has 7 heteroatoms. The van der Waals surface area contributed by atoms with Crippen molar-refractivity contribution in [3.8, 4) is 5.75 Å². The first-order chi connectivity index (χ1) is 15.9. The third-order valence-corrected chi connectivity index (χ3v) is 7.30. The number of piperidine rings is 1. The molecule has 1 atom stereocenters. The number of ether oxygens (including phenoxy) is 3. The van der Waals surface area contributed by atoms with E-state index in [9.17, 15) is 14.7 Å². The molecule has 33 heavy (non-hydrogen) atoms. The second-order valence-corrected chi connectivity index (χ2v) is 9.24. The summed E-state index contributed by atoms with van der Waals surface area (Å²) in [6.45, 7) is 7.56. The molecule has 0 bridgehead atoms. The summed E-state index contributed by atoms with van der Waals surface area (Å²) in [4.78, 5) is 25.7. The van der Waals surface area contributed by atoms with Gasteiger partial charge in [-0.05, 0) is 80.6 Å². The summed E-state index contributed by atoms with van der Waals surface area (Å²) in [5, 5.41) is 10.9. The molecule has 0 spiro atoms. The Morgan fingerprint density at radius 3 is 2.24 bits per heavy atom. The van der Waals surface area contributed by atoms with E-state index in [0.29, 0.717) is 43.4 Å². The zero-order valence-electron chi connectivity index (χ0n) is 19.1. The van der Waals surface area contributed by atoms with Gasteiger partial charge in [0.2, 0.25) is 0 Å². The van der Waals surface area contributed by atoms with Crippen LogP contribution in [0.2, 0.25) is 0 Å². The van der Waals surface area contributed by atoms with Gasteiger partial charge in [0.05, 0.1) is 23.8 Å². The van der Waals surface area contributed by atoms with Gasteiger partial charge in [-0.3, -0.25) is 0 Å². The second-order valence-electron chi connectivity index (χ2n) is 9.24. The minimum atomic E-state index is -0.599. The number of fused-ring (bicyclic) bond motifs is 2. The summed E-state index contributed by atoms with van der Waals surface area (Å²) in [7, 11) is 0. The number of hydrogen-bond donors (Lipinski definition) is 1. The summed E-state index contributed by atoms with van der Waals surface area (Å²) >= 11 is 0. The molecule has 3 aliphatic rings. The monoisotopic (exact) mass is 451 g/mol. The summed E-state index contributed by atoms with van der Waals surface area (Å²) in [5.41, 5.74) is 5.88. The topological polar surface area (TPSA) is 85.3 Å². The fraction of sp³-hybridized carbons (Fsp3) is 0.462. The molecule has 0 amide bonds. The fourth-order valence-electron chi connectivity index (χ4n) is 5.10. The largest absolute Gasteiger partial charge is 0.493 e. The first-order valence-electron chi connectivity index (χ1n) is 11.5. The molecule has 0 aromatic heterocycles. The van der Waals surface area contributed by atoms with Crippen LogP contribution in [-0.2, 0) is 22.7 Å². The van der Waals surface area contributed by atoms with Crippen molar-refractivity contribution < 1.29 is 28.9 Å². The smallest absolute Gasteiger partial charge is 0.338 e. The molecule has 1 saturated heterocycles. The van der Waals surface area contributed by atoms with Crippen LogP contribution in [0, 0.1) is 19.8 Å². The Morgan fingerprint density at radius 1 is 0.970 bits per heavy atom. The lowest BCUT2D eigenvalue weighted by atomic mass is 9.94. The number of aliphatic hydroxyl groups is 1. The maximum atomic E-state index is 11.7. The molecule has 0 radical (unpaired) electrons. The Morgan fingerprint density at radius 2 is 1.58 bits per heavy atom. The number of β-amino-alcohol motifs (C(OH)–C–C–N with tert-alkyl or cyclic N) is 1. The lowest BCUT2D eigenvalue weighted by Crippen LogP contribution is -2.38. The molecule has 7 nitrogen and oxygen atoms in total. The Balaban J connectivity index is 1.13. The van der Waals surface area contributed by atoms with Crippen LogP contribution in [0.15, 0.2) is 24.3 Å². The first kappa shape index (κ1) is 21.9. The Hall–Kier alpha value is -2.90. The molecule has 1 fully saturated rings. The average Bonchev–Trinajstić information content (AvgIpc) is 3.38. The third kappa shape index (κ3) is 4.11. The van der Waals surface area contributed by atoms with Crippen LogP contribution in [0.25, 0.3) is 0 Å². The van der Waals surface area contributed by atoms with Crippen LogP contribution in [-0.4, -0.2) is 48.2 Å². The highest BCUT2D eigenvalue weighted by Gasteiger charge is 2.28. The zero-order chi connectivity index (χ0) is 23.1. The van der Waals surface area contributed by atoms with E-state index in [1.807, 2.05) is 26.0 Å². The van der Waals surface area contributed by atoms with E-state index in [-0.39, 0.29) is 11.9 Å². The minimum Gasteiger partial charge on any atom is -0.493 e.